The average molecular weight is 268 g/mol. The lowest BCUT2D eigenvalue weighted by molar-refractivity contribution is 0.0840. The first-order valence-corrected chi connectivity index (χ1v) is 6.56. The Balaban J connectivity index is 2.24. The fourth-order valence-electron chi connectivity index (χ4n) is 2.47. The van der Waals surface area contributed by atoms with Crippen LogP contribution < -0.4 is 4.74 Å². The van der Waals surface area contributed by atoms with Crippen LogP contribution >= 0.6 is 11.6 Å². The SMILES string of the molecule is COc1ccc(Cl)cc1C(=O)[C@H]1CCCN(C)C1. The number of ketones is 1. The van der Waals surface area contributed by atoms with Crippen molar-refractivity contribution in [2.24, 2.45) is 5.92 Å². The fourth-order valence-corrected chi connectivity index (χ4v) is 2.65. The Labute approximate surface area is 113 Å². The summed E-state index contributed by atoms with van der Waals surface area (Å²) >= 11 is 5.97. The molecule has 98 valence electrons. The maximum atomic E-state index is 12.5. The third-order valence-corrected chi connectivity index (χ3v) is 3.66. The number of hydrogen-bond donors (Lipinski definition) is 0. The van der Waals surface area contributed by atoms with Gasteiger partial charge in [0.25, 0.3) is 0 Å². The quantitative estimate of drug-likeness (QED) is 0.789. The Morgan fingerprint density at radius 1 is 1.50 bits per heavy atom. The summed E-state index contributed by atoms with van der Waals surface area (Å²) in [6.07, 6.45) is 2.01. The van der Waals surface area contributed by atoms with Gasteiger partial charge in [0.15, 0.2) is 5.78 Å². The molecule has 0 amide bonds. The second kappa shape index (κ2) is 5.72. The van der Waals surface area contributed by atoms with E-state index in [4.69, 9.17) is 16.3 Å². The lowest BCUT2D eigenvalue weighted by Gasteiger charge is -2.29. The number of ether oxygens (including phenoxy) is 1. The predicted octanol–water partition coefficient (Wildman–Crippen LogP) is 2.87. The molecule has 1 saturated heterocycles. The summed E-state index contributed by atoms with van der Waals surface area (Å²) in [5, 5.41) is 0.573. The molecule has 0 radical (unpaired) electrons. The van der Waals surface area contributed by atoms with Gasteiger partial charge in [0.05, 0.1) is 12.7 Å². The van der Waals surface area contributed by atoms with E-state index in [0.717, 1.165) is 25.9 Å². The molecule has 1 aromatic rings. The van der Waals surface area contributed by atoms with Crippen molar-refractivity contribution in [3.8, 4) is 5.75 Å². The van der Waals surface area contributed by atoms with Gasteiger partial charge >= 0.3 is 0 Å². The molecule has 0 unspecified atom stereocenters. The van der Waals surface area contributed by atoms with Gasteiger partial charge in [0.1, 0.15) is 5.75 Å². The molecule has 3 nitrogen and oxygen atoms in total. The van der Waals surface area contributed by atoms with Crippen LogP contribution in [0.5, 0.6) is 5.75 Å². The second-order valence-corrected chi connectivity index (χ2v) is 5.25. The highest BCUT2D eigenvalue weighted by Gasteiger charge is 2.26. The highest BCUT2D eigenvalue weighted by Crippen LogP contribution is 2.28. The minimum Gasteiger partial charge on any atom is -0.496 e. The van der Waals surface area contributed by atoms with Gasteiger partial charge in [-0.05, 0) is 44.6 Å². The smallest absolute Gasteiger partial charge is 0.170 e. The number of halogens is 1. The Morgan fingerprint density at radius 3 is 2.94 bits per heavy atom. The standard InChI is InChI=1S/C14H18ClNO2/c1-16-7-3-4-10(9-16)14(17)12-8-11(15)5-6-13(12)18-2/h5-6,8,10H,3-4,7,9H2,1-2H3/t10-/m0/s1. The summed E-state index contributed by atoms with van der Waals surface area (Å²) in [5.41, 5.74) is 0.602. The highest BCUT2D eigenvalue weighted by molar-refractivity contribution is 6.31. The number of methoxy groups -OCH3 is 1. The van der Waals surface area contributed by atoms with Gasteiger partial charge in [0.2, 0.25) is 0 Å². The molecule has 4 heteroatoms. The first kappa shape index (κ1) is 13.4. The minimum absolute atomic E-state index is 0.0520. The molecular weight excluding hydrogens is 250 g/mol. The summed E-state index contributed by atoms with van der Waals surface area (Å²) in [7, 11) is 3.63. The van der Waals surface area contributed by atoms with Crippen molar-refractivity contribution in [1.29, 1.82) is 0 Å². The molecule has 18 heavy (non-hydrogen) atoms. The van der Waals surface area contributed by atoms with Crippen molar-refractivity contribution in [1.82, 2.24) is 4.90 Å². The summed E-state index contributed by atoms with van der Waals surface area (Å²) in [6.45, 7) is 1.88. The van der Waals surface area contributed by atoms with E-state index in [0.29, 0.717) is 16.3 Å². The maximum absolute atomic E-state index is 12.5. The fraction of sp³-hybridized carbons (Fsp3) is 0.500. The zero-order chi connectivity index (χ0) is 13.1. The van der Waals surface area contributed by atoms with E-state index in [2.05, 4.69) is 11.9 Å². The first-order valence-electron chi connectivity index (χ1n) is 6.18. The third-order valence-electron chi connectivity index (χ3n) is 3.42. The van der Waals surface area contributed by atoms with E-state index in [9.17, 15) is 4.79 Å². The van der Waals surface area contributed by atoms with Gasteiger partial charge in [-0.25, -0.2) is 0 Å². The Hall–Kier alpha value is -1.06. The van der Waals surface area contributed by atoms with Crippen LogP contribution in [-0.2, 0) is 0 Å². The van der Waals surface area contributed by atoms with Gasteiger partial charge in [-0.15, -0.1) is 0 Å². The number of carbonyl (C=O) groups excluding carboxylic acids is 1. The average Bonchev–Trinajstić information content (AvgIpc) is 2.38. The maximum Gasteiger partial charge on any atom is 0.170 e. The number of benzene rings is 1. The van der Waals surface area contributed by atoms with Crippen molar-refractivity contribution in [3.63, 3.8) is 0 Å². The van der Waals surface area contributed by atoms with Crippen LogP contribution in [-0.4, -0.2) is 37.9 Å². The molecule has 0 spiro atoms. The van der Waals surface area contributed by atoms with Gasteiger partial charge in [-0.1, -0.05) is 11.6 Å². The van der Waals surface area contributed by atoms with Crippen molar-refractivity contribution in [2.75, 3.05) is 27.2 Å². The number of carbonyl (C=O) groups is 1. The third kappa shape index (κ3) is 2.85. The molecule has 0 saturated carbocycles. The largest absolute Gasteiger partial charge is 0.496 e. The number of hydrogen-bond acceptors (Lipinski definition) is 3. The highest BCUT2D eigenvalue weighted by atomic mass is 35.5. The van der Waals surface area contributed by atoms with Crippen LogP contribution in [0.15, 0.2) is 18.2 Å². The van der Waals surface area contributed by atoms with Crippen molar-refractivity contribution >= 4 is 17.4 Å². The van der Waals surface area contributed by atoms with Crippen LogP contribution in [0.25, 0.3) is 0 Å². The Bertz CT molecular complexity index is 447. The molecular formula is C14H18ClNO2. The molecule has 1 aliphatic rings. The molecule has 0 bridgehead atoms. The minimum atomic E-state index is 0.0520. The lowest BCUT2D eigenvalue weighted by Crippen LogP contribution is -2.36. The van der Waals surface area contributed by atoms with Crippen LogP contribution in [0.2, 0.25) is 5.02 Å². The van der Waals surface area contributed by atoms with Gasteiger partial charge in [-0.3, -0.25) is 4.79 Å². The molecule has 1 heterocycles. The molecule has 1 aromatic carbocycles. The molecule has 0 N–H and O–H groups in total. The van der Waals surface area contributed by atoms with Gasteiger partial charge in [0, 0.05) is 17.5 Å². The summed E-state index contributed by atoms with van der Waals surface area (Å²) in [5.74, 6) is 0.801. The topological polar surface area (TPSA) is 29.5 Å². The summed E-state index contributed by atoms with van der Waals surface area (Å²) in [4.78, 5) is 14.7. The van der Waals surface area contributed by atoms with E-state index in [1.54, 1.807) is 25.3 Å². The summed E-state index contributed by atoms with van der Waals surface area (Å²) < 4.78 is 5.25. The monoisotopic (exact) mass is 267 g/mol. The first-order chi connectivity index (χ1) is 8.61. The zero-order valence-electron chi connectivity index (χ0n) is 10.8. The number of piperidine rings is 1. The van der Waals surface area contributed by atoms with Gasteiger partial charge < -0.3 is 9.64 Å². The van der Waals surface area contributed by atoms with Crippen LogP contribution in [0.4, 0.5) is 0 Å². The van der Waals surface area contributed by atoms with E-state index in [1.807, 2.05) is 0 Å². The van der Waals surface area contributed by atoms with E-state index in [-0.39, 0.29) is 11.7 Å². The lowest BCUT2D eigenvalue weighted by atomic mass is 9.90. The molecule has 0 aliphatic carbocycles. The number of rotatable bonds is 3. The van der Waals surface area contributed by atoms with Crippen LogP contribution in [0.1, 0.15) is 23.2 Å². The van der Waals surface area contributed by atoms with E-state index >= 15 is 0 Å². The predicted molar refractivity (Wildman–Crippen MR) is 72.6 cm³/mol. The van der Waals surface area contributed by atoms with E-state index in [1.165, 1.54) is 0 Å². The number of likely N-dealkylation sites (tertiary alicyclic amines) is 1. The molecule has 1 atom stereocenters. The zero-order valence-corrected chi connectivity index (χ0v) is 11.5. The van der Waals surface area contributed by atoms with Crippen LogP contribution in [0.3, 0.4) is 0 Å². The van der Waals surface area contributed by atoms with E-state index < -0.39 is 0 Å². The van der Waals surface area contributed by atoms with Crippen molar-refractivity contribution in [3.05, 3.63) is 28.8 Å². The van der Waals surface area contributed by atoms with Gasteiger partial charge in [-0.2, -0.15) is 0 Å². The second-order valence-electron chi connectivity index (χ2n) is 4.81. The molecule has 1 fully saturated rings. The summed E-state index contributed by atoms with van der Waals surface area (Å²) in [6, 6.07) is 5.20. The molecule has 1 aliphatic heterocycles. The number of nitrogens with zero attached hydrogens (tertiary/aromatic N) is 1. The Morgan fingerprint density at radius 2 is 2.28 bits per heavy atom. The normalized spacial score (nSPS) is 20.7. The van der Waals surface area contributed by atoms with Crippen molar-refractivity contribution < 1.29 is 9.53 Å². The molecule has 2 rings (SSSR count). The molecule has 0 aromatic heterocycles. The van der Waals surface area contributed by atoms with Crippen LogP contribution in [0, 0.1) is 5.92 Å². The Kier molecular flexibility index (Phi) is 4.25. The number of Topliss-reactive ketones (excluding diaryl/α,β-unsaturated/α-hetero) is 1. The van der Waals surface area contributed by atoms with Crippen molar-refractivity contribution in [2.45, 2.75) is 12.8 Å².